The van der Waals surface area contributed by atoms with Crippen molar-refractivity contribution in [1.29, 1.82) is 0 Å². The maximum atomic E-state index is 3.94. The molecule has 0 radical (unpaired) electrons. The van der Waals surface area contributed by atoms with Gasteiger partial charge in [-0.1, -0.05) is 68.5 Å². The van der Waals surface area contributed by atoms with Crippen LogP contribution in [0.1, 0.15) is 31.7 Å². The van der Waals surface area contributed by atoms with Gasteiger partial charge in [0.2, 0.25) is 0 Å². The monoisotopic (exact) mass is 439 g/mol. The van der Waals surface area contributed by atoms with Crippen LogP contribution < -0.4 is 10.4 Å². The highest BCUT2D eigenvalue weighted by atomic mass is 79.9. The number of allylic oxidation sites excluding steroid dienone is 2. The molecule has 0 spiro atoms. The predicted octanol–water partition coefficient (Wildman–Crippen LogP) is 6.17. The van der Waals surface area contributed by atoms with Crippen molar-refractivity contribution in [3.63, 3.8) is 0 Å². The zero-order valence-electron chi connectivity index (χ0n) is 16.6. The Morgan fingerprint density at radius 1 is 0.966 bits per heavy atom. The Morgan fingerprint density at radius 3 is 2.55 bits per heavy atom. The van der Waals surface area contributed by atoms with Gasteiger partial charge in [0.15, 0.2) is 0 Å². The molecular formula is C27H22BrN. The third-order valence-corrected chi connectivity index (χ3v) is 7.48. The molecule has 1 heterocycles. The Morgan fingerprint density at radius 2 is 1.72 bits per heavy atom. The van der Waals surface area contributed by atoms with Gasteiger partial charge in [0.25, 0.3) is 0 Å². The fourth-order valence-corrected chi connectivity index (χ4v) is 6.06. The van der Waals surface area contributed by atoms with Gasteiger partial charge in [0.05, 0.1) is 5.52 Å². The molecule has 2 aliphatic carbocycles. The highest BCUT2D eigenvalue weighted by Crippen LogP contribution is 2.48. The van der Waals surface area contributed by atoms with Gasteiger partial charge in [-0.05, 0) is 73.1 Å². The number of H-pyrrole nitrogens is 1. The largest absolute Gasteiger partial charge is 0.354 e. The molecule has 1 N–H and O–H groups in total. The van der Waals surface area contributed by atoms with E-state index in [0.717, 1.165) is 6.42 Å². The lowest BCUT2D eigenvalue weighted by molar-refractivity contribution is 0.421. The Kier molecular flexibility index (Phi) is 3.56. The molecule has 0 saturated carbocycles. The molecule has 142 valence electrons. The van der Waals surface area contributed by atoms with Gasteiger partial charge in [0, 0.05) is 26.7 Å². The maximum Gasteiger partial charge on any atom is 0.0615 e. The summed E-state index contributed by atoms with van der Waals surface area (Å²) < 4.78 is 1.18. The third-order valence-electron chi connectivity index (χ3n) is 6.65. The lowest BCUT2D eigenvalue weighted by Gasteiger charge is -2.36. The van der Waals surface area contributed by atoms with Gasteiger partial charge >= 0.3 is 0 Å². The van der Waals surface area contributed by atoms with Gasteiger partial charge in [-0.25, -0.2) is 0 Å². The van der Waals surface area contributed by atoms with Crippen LogP contribution in [0.15, 0.2) is 76.8 Å². The minimum atomic E-state index is 0.117. The van der Waals surface area contributed by atoms with E-state index >= 15 is 0 Å². The number of hydrogen-bond donors (Lipinski definition) is 1. The molecule has 0 aliphatic heterocycles. The van der Waals surface area contributed by atoms with Crippen LogP contribution in [0.25, 0.3) is 33.5 Å². The van der Waals surface area contributed by atoms with Crippen LogP contribution >= 0.6 is 15.9 Å². The summed E-state index contributed by atoms with van der Waals surface area (Å²) >= 11 is 3.94. The summed E-state index contributed by atoms with van der Waals surface area (Å²) in [6.07, 6.45) is 6.00. The van der Waals surface area contributed by atoms with Crippen LogP contribution in [-0.2, 0) is 0 Å². The normalized spacial score (nSPS) is 19.8. The van der Waals surface area contributed by atoms with E-state index in [9.17, 15) is 0 Å². The van der Waals surface area contributed by atoms with Crippen molar-refractivity contribution < 1.29 is 0 Å². The van der Waals surface area contributed by atoms with E-state index in [1.165, 1.54) is 53.4 Å². The molecular weight excluding hydrogens is 418 g/mol. The molecule has 1 nitrogen and oxygen atoms in total. The van der Waals surface area contributed by atoms with Crippen molar-refractivity contribution in [2.45, 2.75) is 26.2 Å². The molecule has 0 bridgehead atoms. The second-order valence-corrected chi connectivity index (χ2v) is 9.78. The predicted molar refractivity (Wildman–Crippen MR) is 126 cm³/mol. The van der Waals surface area contributed by atoms with Gasteiger partial charge in [-0.15, -0.1) is 0 Å². The number of hydrogen-bond acceptors (Lipinski definition) is 0. The molecule has 1 atom stereocenters. The summed E-state index contributed by atoms with van der Waals surface area (Å²) in [5, 5.41) is 5.29. The average Bonchev–Trinajstić information content (AvgIpc) is 3.28. The maximum absolute atomic E-state index is 3.94. The van der Waals surface area contributed by atoms with Crippen LogP contribution in [0.3, 0.4) is 0 Å². The zero-order chi connectivity index (χ0) is 19.8. The Hall–Kier alpha value is -2.58. The molecule has 1 unspecified atom stereocenters. The summed E-state index contributed by atoms with van der Waals surface area (Å²) in [7, 11) is 0. The molecule has 1 aromatic heterocycles. The van der Waals surface area contributed by atoms with E-state index < -0.39 is 0 Å². The fraction of sp³-hybridized carbons (Fsp3) is 0.185. The number of para-hydroxylation sites is 1. The molecule has 0 saturated heterocycles. The second-order valence-electron chi connectivity index (χ2n) is 8.99. The van der Waals surface area contributed by atoms with Crippen LogP contribution in [-0.4, -0.2) is 4.98 Å². The minimum Gasteiger partial charge on any atom is -0.354 e. The van der Waals surface area contributed by atoms with Crippen molar-refractivity contribution in [2.75, 3.05) is 0 Å². The van der Waals surface area contributed by atoms with Crippen molar-refractivity contribution >= 4 is 49.4 Å². The van der Waals surface area contributed by atoms with E-state index in [1.54, 1.807) is 0 Å². The highest BCUT2D eigenvalue weighted by Gasteiger charge is 2.36. The van der Waals surface area contributed by atoms with Crippen molar-refractivity contribution in [3.8, 4) is 0 Å². The van der Waals surface area contributed by atoms with Crippen LogP contribution in [0, 0.1) is 5.41 Å². The average molecular weight is 440 g/mol. The van der Waals surface area contributed by atoms with E-state index in [4.69, 9.17) is 0 Å². The lowest BCUT2D eigenvalue weighted by Crippen LogP contribution is -2.31. The molecule has 3 aromatic carbocycles. The molecule has 4 aromatic rings. The van der Waals surface area contributed by atoms with Crippen molar-refractivity contribution in [3.05, 3.63) is 92.8 Å². The minimum absolute atomic E-state index is 0.117. The van der Waals surface area contributed by atoms with Crippen molar-refractivity contribution in [1.82, 2.24) is 4.98 Å². The number of nitrogens with one attached hydrogen (secondary N) is 1. The van der Waals surface area contributed by atoms with E-state index in [1.807, 2.05) is 0 Å². The summed E-state index contributed by atoms with van der Waals surface area (Å²) in [5.74, 6) is 0.458. The smallest absolute Gasteiger partial charge is 0.0615 e. The highest BCUT2D eigenvalue weighted by molar-refractivity contribution is 9.10. The number of fused-ring (bicyclic) bond motifs is 5. The molecule has 0 fully saturated rings. The fourth-order valence-electron chi connectivity index (χ4n) is 5.42. The first-order valence-corrected chi connectivity index (χ1v) is 11.0. The molecule has 2 aliphatic rings. The lowest BCUT2D eigenvalue weighted by atomic mass is 9.68. The van der Waals surface area contributed by atoms with E-state index in [2.05, 4.69) is 108 Å². The SMILES string of the molecule is CC1(C)CC(c2ccccc2)C=C2C=c3c(Br)c4[nH]c5ccccc5c4cc3=C21. The Balaban J connectivity index is 1.68. The van der Waals surface area contributed by atoms with Crippen LogP contribution in [0.5, 0.6) is 0 Å². The van der Waals surface area contributed by atoms with E-state index in [0.29, 0.717) is 5.92 Å². The number of halogens is 1. The summed E-state index contributed by atoms with van der Waals surface area (Å²) in [6, 6.07) is 21.9. The van der Waals surface area contributed by atoms with Gasteiger partial charge in [0.1, 0.15) is 0 Å². The first kappa shape index (κ1) is 17.3. The standard InChI is InChI=1S/C27H22BrN/c1-27(2)15-18(16-8-4-3-5-9-16)12-17-13-21-20(24(17)27)14-22-19-10-6-7-11-23(19)29-26(22)25(21)28/h3-14,18,29H,15H2,1-2H3. The van der Waals surface area contributed by atoms with Gasteiger partial charge in [-0.2, -0.15) is 0 Å². The second kappa shape index (κ2) is 5.96. The quantitative estimate of drug-likeness (QED) is 0.365. The van der Waals surface area contributed by atoms with Crippen LogP contribution in [0.4, 0.5) is 0 Å². The molecule has 2 heteroatoms. The van der Waals surface area contributed by atoms with Crippen molar-refractivity contribution in [2.24, 2.45) is 5.41 Å². The Bertz CT molecular complexity index is 1450. The van der Waals surface area contributed by atoms with Gasteiger partial charge < -0.3 is 4.98 Å². The first-order valence-electron chi connectivity index (χ1n) is 10.3. The number of benzene rings is 3. The zero-order valence-corrected chi connectivity index (χ0v) is 18.2. The Labute approximate surface area is 178 Å². The summed E-state index contributed by atoms with van der Waals surface area (Å²) in [6.45, 7) is 4.81. The van der Waals surface area contributed by atoms with Gasteiger partial charge in [-0.3, -0.25) is 0 Å². The number of aromatic amines is 1. The van der Waals surface area contributed by atoms with Crippen LogP contribution in [0.2, 0.25) is 0 Å². The molecule has 0 amide bonds. The number of aromatic nitrogens is 1. The molecule has 6 rings (SSSR count). The third kappa shape index (κ3) is 2.45. The summed E-state index contributed by atoms with van der Waals surface area (Å²) in [4.78, 5) is 3.62. The number of rotatable bonds is 1. The van der Waals surface area contributed by atoms with E-state index in [-0.39, 0.29) is 5.41 Å². The topological polar surface area (TPSA) is 15.8 Å². The molecule has 29 heavy (non-hydrogen) atoms. The first-order chi connectivity index (χ1) is 14.0. The summed E-state index contributed by atoms with van der Waals surface area (Å²) in [5.41, 5.74) is 6.80.